The van der Waals surface area contributed by atoms with Gasteiger partial charge in [0.2, 0.25) is 0 Å². The van der Waals surface area contributed by atoms with Gasteiger partial charge in [0.25, 0.3) is 5.91 Å². The maximum Gasteiger partial charge on any atom is 0.326 e. The van der Waals surface area contributed by atoms with Crippen LogP contribution in [0.2, 0.25) is 0 Å². The van der Waals surface area contributed by atoms with Gasteiger partial charge in [0.05, 0.1) is 0 Å². The van der Waals surface area contributed by atoms with Gasteiger partial charge in [-0.25, -0.2) is 4.79 Å². The molecule has 0 spiro atoms. The van der Waals surface area contributed by atoms with E-state index in [2.05, 4.69) is 20.7 Å². The molecule has 8 nitrogen and oxygen atoms in total. The Bertz CT molecular complexity index is 403. The summed E-state index contributed by atoms with van der Waals surface area (Å²) in [5, 5.41) is 20.5. The van der Waals surface area contributed by atoms with Crippen LogP contribution in [-0.4, -0.2) is 38.4 Å². The number of aromatic amines is 1. The van der Waals surface area contributed by atoms with Crippen LogP contribution in [0.25, 0.3) is 0 Å². The highest BCUT2D eigenvalue weighted by molar-refractivity contribution is 5.98. The van der Waals surface area contributed by atoms with Crippen LogP contribution in [0.3, 0.4) is 0 Å². The number of amides is 1. The lowest BCUT2D eigenvalue weighted by atomic mass is 10.1. The first-order chi connectivity index (χ1) is 8.06. The maximum absolute atomic E-state index is 11.6. The molecule has 1 unspecified atom stereocenters. The predicted molar refractivity (Wildman–Crippen MR) is 59.2 cm³/mol. The summed E-state index contributed by atoms with van der Waals surface area (Å²) in [7, 11) is 0. The molecular formula is C9H15N5O3. The molecule has 0 saturated carbocycles. The fourth-order valence-electron chi connectivity index (χ4n) is 1.30. The fraction of sp³-hybridized carbons (Fsp3) is 0.556. The topological polar surface area (TPSA) is 134 Å². The molecule has 1 amide bonds. The minimum atomic E-state index is -1.08. The minimum Gasteiger partial charge on any atom is -0.480 e. The number of carboxylic acid groups (broad SMARTS) is 1. The first kappa shape index (κ1) is 12.9. The number of carbonyl (C=O) groups excluding carboxylic acids is 1. The van der Waals surface area contributed by atoms with Crippen LogP contribution < -0.4 is 11.1 Å². The Hall–Kier alpha value is -2.12. The van der Waals surface area contributed by atoms with Crippen LogP contribution in [0.5, 0.6) is 0 Å². The summed E-state index contributed by atoms with van der Waals surface area (Å²) in [6, 6.07) is -0.932. The zero-order valence-electron chi connectivity index (χ0n) is 9.43. The van der Waals surface area contributed by atoms with E-state index < -0.39 is 17.9 Å². The Morgan fingerprint density at radius 3 is 2.71 bits per heavy atom. The lowest BCUT2D eigenvalue weighted by Gasteiger charge is -2.12. The Kier molecular flexibility index (Phi) is 4.44. The van der Waals surface area contributed by atoms with Gasteiger partial charge < -0.3 is 16.2 Å². The lowest BCUT2D eigenvalue weighted by molar-refractivity contribution is -0.139. The Balaban J connectivity index is 2.64. The molecule has 8 heteroatoms. The Morgan fingerprint density at radius 2 is 2.24 bits per heavy atom. The number of hydrogen-bond donors (Lipinski definition) is 4. The molecule has 5 N–H and O–H groups in total. The van der Waals surface area contributed by atoms with Gasteiger partial charge in [-0.2, -0.15) is 5.21 Å². The molecule has 94 valence electrons. The number of nitrogens with zero attached hydrogens (tertiary/aromatic N) is 2. The average Bonchev–Trinajstić information content (AvgIpc) is 2.70. The number of carbonyl (C=O) groups is 2. The molecule has 1 rings (SSSR count). The summed E-state index contributed by atoms with van der Waals surface area (Å²) in [6.45, 7) is 1.94. The Labute approximate surface area is 97.6 Å². The van der Waals surface area contributed by atoms with Gasteiger partial charge in [-0.3, -0.25) is 4.79 Å². The van der Waals surface area contributed by atoms with E-state index in [-0.39, 0.29) is 11.5 Å². The van der Waals surface area contributed by atoms with E-state index in [1.165, 1.54) is 0 Å². The van der Waals surface area contributed by atoms with Crippen LogP contribution in [0.4, 0.5) is 5.82 Å². The summed E-state index contributed by atoms with van der Waals surface area (Å²) >= 11 is 0. The standard InChI is InChI=1S/C9H15N5O3/c1-2-3-4-5(9(16)17)11-8(15)6-7(10)13-14-12-6/h5H,2-4H2,1H3,(H,11,15)(H,16,17)(H3,10,12,13,14). The second-order valence-electron chi connectivity index (χ2n) is 3.56. The van der Waals surface area contributed by atoms with Crippen LogP contribution in [-0.2, 0) is 4.79 Å². The van der Waals surface area contributed by atoms with Crippen molar-refractivity contribution in [3.8, 4) is 0 Å². The molecule has 0 aromatic carbocycles. The number of nitrogens with one attached hydrogen (secondary N) is 2. The normalized spacial score (nSPS) is 12.1. The van der Waals surface area contributed by atoms with Crippen LogP contribution >= 0.6 is 0 Å². The first-order valence-corrected chi connectivity index (χ1v) is 5.26. The number of nitrogens with two attached hydrogens (primary N) is 1. The van der Waals surface area contributed by atoms with Crippen molar-refractivity contribution >= 4 is 17.7 Å². The van der Waals surface area contributed by atoms with Gasteiger partial charge in [-0.1, -0.05) is 19.8 Å². The van der Waals surface area contributed by atoms with Crippen molar-refractivity contribution in [3.63, 3.8) is 0 Å². The third-order valence-corrected chi connectivity index (χ3v) is 2.24. The second-order valence-corrected chi connectivity index (χ2v) is 3.56. The monoisotopic (exact) mass is 241 g/mol. The van der Waals surface area contributed by atoms with Gasteiger partial charge in [0.15, 0.2) is 11.5 Å². The van der Waals surface area contributed by atoms with Gasteiger partial charge in [-0.05, 0) is 6.42 Å². The van der Waals surface area contributed by atoms with E-state index in [1.54, 1.807) is 0 Å². The van der Waals surface area contributed by atoms with Crippen LogP contribution in [0, 0.1) is 0 Å². The molecule has 0 aliphatic carbocycles. The first-order valence-electron chi connectivity index (χ1n) is 5.26. The van der Waals surface area contributed by atoms with Crippen molar-refractivity contribution in [1.29, 1.82) is 0 Å². The number of hydrogen-bond acceptors (Lipinski definition) is 5. The third-order valence-electron chi connectivity index (χ3n) is 2.24. The molecule has 0 bridgehead atoms. The van der Waals surface area contributed by atoms with Crippen molar-refractivity contribution in [3.05, 3.63) is 5.69 Å². The number of nitrogen functional groups attached to an aromatic ring is 1. The van der Waals surface area contributed by atoms with E-state index in [4.69, 9.17) is 10.8 Å². The smallest absolute Gasteiger partial charge is 0.326 e. The van der Waals surface area contributed by atoms with E-state index in [0.717, 1.165) is 6.42 Å². The third kappa shape index (κ3) is 3.44. The molecule has 0 radical (unpaired) electrons. The average molecular weight is 241 g/mol. The summed E-state index contributed by atoms with van der Waals surface area (Å²) < 4.78 is 0. The number of carboxylic acids is 1. The van der Waals surface area contributed by atoms with Crippen LogP contribution in [0.1, 0.15) is 36.7 Å². The van der Waals surface area contributed by atoms with Gasteiger partial charge in [0, 0.05) is 0 Å². The molecule has 1 aromatic rings. The quantitative estimate of drug-likeness (QED) is 0.543. The number of rotatable bonds is 6. The predicted octanol–water partition coefficient (Wildman–Crippen LogP) is -0.240. The molecule has 0 fully saturated rings. The minimum absolute atomic E-state index is 0.0536. The summed E-state index contributed by atoms with van der Waals surface area (Å²) in [6.07, 6.45) is 1.94. The Morgan fingerprint density at radius 1 is 1.53 bits per heavy atom. The molecule has 1 aromatic heterocycles. The second kappa shape index (κ2) is 5.83. The number of unbranched alkanes of at least 4 members (excludes halogenated alkanes) is 1. The fourth-order valence-corrected chi connectivity index (χ4v) is 1.30. The SMILES string of the molecule is CCCCC(NC(=O)c1n[nH]nc1N)C(=O)O. The largest absolute Gasteiger partial charge is 0.480 e. The van der Waals surface area contributed by atoms with Crippen molar-refractivity contribution in [2.45, 2.75) is 32.2 Å². The molecule has 0 aliphatic heterocycles. The maximum atomic E-state index is 11.6. The zero-order valence-corrected chi connectivity index (χ0v) is 9.43. The van der Waals surface area contributed by atoms with E-state index in [9.17, 15) is 9.59 Å². The number of H-pyrrole nitrogens is 1. The highest BCUT2D eigenvalue weighted by atomic mass is 16.4. The summed E-state index contributed by atoms with van der Waals surface area (Å²) in [4.78, 5) is 22.5. The molecule has 1 heterocycles. The van der Waals surface area contributed by atoms with Gasteiger partial charge >= 0.3 is 5.97 Å². The van der Waals surface area contributed by atoms with Crippen molar-refractivity contribution in [2.75, 3.05) is 5.73 Å². The van der Waals surface area contributed by atoms with E-state index >= 15 is 0 Å². The highest BCUT2D eigenvalue weighted by Crippen LogP contribution is 2.05. The molecule has 1 atom stereocenters. The number of aromatic nitrogens is 3. The van der Waals surface area contributed by atoms with Crippen LogP contribution in [0.15, 0.2) is 0 Å². The highest BCUT2D eigenvalue weighted by Gasteiger charge is 2.22. The summed E-state index contributed by atoms with van der Waals surface area (Å²) in [5.74, 6) is -1.77. The molecular weight excluding hydrogens is 226 g/mol. The number of aliphatic carboxylic acids is 1. The van der Waals surface area contributed by atoms with E-state index in [0.29, 0.717) is 12.8 Å². The van der Waals surface area contributed by atoms with Gasteiger partial charge in [0.1, 0.15) is 6.04 Å². The molecule has 0 aliphatic rings. The summed E-state index contributed by atoms with van der Waals surface area (Å²) in [5.41, 5.74) is 5.29. The number of anilines is 1. The van der Waals surface area contributed by atoms with Crippen molar-refractivity contribution in [1.82, 2.24) is 20.7 Å². The molecule has 0 saturated heterocycles. The zero-order chi connectivity index (χ0) is 12.8. The van der Waals surface area contributed by atoms with Crippen molar-refractivity contribution in [2.24, 2.45) is 0 Å². The van der Waals surface area contributed by atoms with E-state index in [1.807, 2.05) is 6.92 Å². The van der Waals surface area contributed by atoms with Gasteiger partial charge in [-0.15, -0.1) is 10.2 Å². The van der Waals surface area contributed by atoms with Crippen molar-refractivity contribution < 1.29 is 14.7 Å². The lowest BCUT2D eigenvalue weighted by Crippen LogP contribution is -2.41. The molecule has 17 heavy (non-hydrogen) atoms.